The van der Waals surface area contributed by atoms with E-state index in [0.717, 1.165) is 35.9 Å². The van der Waals surface area contributed by atoms with Crippen LogP contribution in [0.3, 0.4) is 0 Å². The molecule has 0 radical (unpaired) electrons. The lowest BCUT2D eigenvalue weighted by molar-refractivity contribution is 0.0680. The number of carboxylic acid groups (broad SMARTS) is 1. The van der Waals surface area contributed by atoms with Gasteiger partial charge in [0, 0.05) is 29.9 Å². The summed E-state index contributed by atoms with van der Waals surface area (Å²) in [5.74, 6) is -0.318. The van der Waals surface area contributed by atoms with Crippen LogP contribution in [-0.2, 0) is 4.74 Å². The van der Waals surface area contributed by atoms with Crippen molar-refractivity contribution >= 4 is 17.3 Å². The van der Waals surface area contributed by atoms with Gasteiger partial charge in [-0.1, -0.05) is 13.8 Å². The standard InChI is InChI=1S/C12H17NO3S/c1-7(2)11-13-9(12(14)15)10(17-11)8-3-5-16-6-4-8/h7-8H,3-6H2,1-2H3,(H,14,15). The number of hydrogen-bond donors (Lipinski definition) is 1. The van der Waals surface area contributed by atoms with Crippen molar-refractivity contribution in [1.82, 2.24) is 4.98 Å². The number of nitrogens with zero attached hydrogens (tertiary/aromatic N) is 1. The van der Waals surface area contributed by atoms with Crippen LogP contribution in [0.25, 0.3) is 0 Å². The molecule has 1 aromatic heterocycles. The number of carboxylic acids is 1. The van der Waals surface area contributed by atoms with Crippen LogP contribution < -0.4 is 0 Å². The molecule has 0 aliphatic carbocycles. The Kier molecular flexibility index (Phi) is 3.79. The Morgan fingerprint density at radius 1 is 1.47 bits per heavy atom. The van der Waals surface area contributed by atoms with Gasteiger partial charge in [0.25, 0.3) is 0 Å². The van der Waals surface area contributed by atoms with Crippen LogP contribution in [0.4, 0.5) is 0 Å². The lowest BCUT2D eigenvalue weighted by Gasteiger charge is -2.20. The lowest BCUT2D eigenvalue weighted by atomic mass is 9.97. The number of aromatic carboxylic acids is 1. The second-order valence-corrected chi connectivity index (χ2v) is 5.67. The Bertz CT molecular complexity index is 408. The van der Waals surface area contributed by atoms with E-state index in [1.165, 1.54) is 0 Å². The van der Waals surface area contributed by atoms with Crippen LogP contribution in [0.15, 0.2) is 0 Å². The second-order valence-electron chi connectivity index (χ2n) is 4.61. The van der Waals surface area contributed by atoms with E-state index in [9.17, 15) is 9.90 Å². The minimum atomic E-state index is -0.908. The highest BCUT2D eigenvalue weighted by atomic mass is 32.1. The largest absolute Gasteiger partial charge is 0.476 e. The Labute approximate surface area is 105 Å². The van der Waals surface area contributed by atoms with Crippen molar-refractivity contribution in [2.24, 2.45) is 0 Å². The summed E-state index contributed by atoms with van der Waals surface area (Å²) in [6.07, 6.45) is 1.81. The van der Waals surface area contributed by atoms with E-state index in [2.05, 4.69) is 4.98 Å². The van der Waals surface area contributed by atoms with E-state index in [1.54, 1.807) is 11.3 Å². The van der Waals surface area contributed by atoms with E-state index in [1.807, 2.05) is 13.8 Å². The average Bonchev–Trinajstić information content (AvgIpc) is 2.75. The van der Waals surface area contributed by atoms with Crippen LogP contribution in [0, 0.1) is 0 Å². The Morgan fingerprint density at radius 2 is 2.12 bits per heavy atom. The molecule has 17 heavy (non-hydrogen) atoms. The number of hydrogen-bond acceptors (Lipinski definition) is 4. The molecule has 1 aliphatic rings. The lowest BCUT2D eigenvalue weighted by Crippen LogP contribution is -2.15. The summed E-state index contributed by atoms with van der Waals surface area (Å²) in [7, 11) is 0. The third-order valence-corrected chi connectivity index (χ3v) is 4.48. The summed E-state index contributed by atoms with van der Waals surface area (Å²) in [5, 5.41) is 10.1. The number of aromatic nitrogens is 1. The van der Waals surface area contributed by atoms with Gasteiger partial charge in [0.1, 0.15) is 0 Å². The van der Waals surface area contributed by atoms with Crippen LogP contribution in [-0.4, -0.2) is 29.3 Å². The zero-order chi connectivity index (χ0) is 12.4. The summed E-state index contributed by atoms with van der Waals surface area (Å²) < 4.78 is 5.31. The third kappa shape index (κ3) is 2.66. The molecule has 2 rings (SSSR count). The van der Waals surface area contributed by atoms with Crippen LogP contribution in [0.1, 0.15) is 58.9 Å². The van der Waals surface area contributed by atoms with Crippen molar-refractivity contribution in [2.75, 3.05) is 13.2 Å². The fourth-order valence-electron chi connectivity index (χ4n) is 1.99. The van der Waals surface area contributed by atoms with Gasteiger partial charge in [0.15, 0.2) is 5.69 Å². The van der Waals surface area contributed by atoms with Gasteiger partial charge >= 0.3 is 5.97 Å². The Hall–Kier alpha value is -0.940. The topological polar surface area (TPSA) is 59.4 Å². The van der Waals surface area contributed by atoms with Gasteiger partial charge in [-0.2, -0.15) is 0 Å². The molecule has 0 unspecified atom stereocenters. The number of ether oxygens (including phenoxy) is 1. The first-order valence-electron chi connectivity index (χ1n) is 5.91. The minimum Gasteiger partial charge on any atom is -0.476 e. The summed E-state index contributed by atoms with van der Waals surface area (Å²) in [4.78, 5) is 16.4. The van der Waals surface area contributed by atoms with E-state index < -0.39 is 5.97 Å². The summed E-state index contributed by atoms with van der Waals surface area (Å²) in [6.45, 7) is 5.52. The van der Waals surface area contributed by atoms with Crippen molar-refractivity contribution in [1.29, 1.82) is 0 Å². The monoisotopic (exact) mass is 255 g/mol. The van der Waals surface area contributed by atoms with Gasteiger partial charge in [0.05, 0.1) is 5.01 Å². The fourth-order valence-corrected chi connectivity index (χ4v) is 3.22. The maximum Gasteiger partial charge on any atom is 0.355 e. The predicted molar refractivity (Wildman–Crippen MR) is 66.0 cm³/mol. The fraction of sp³-hybridized carbons (Fsp3) is 0.667. The SMILES string of the molecule is CC(C)c1nc(C(=O)O)c(C2CCOCC2)s1. The summed E-state index contributed by atoms with van der Waals surface area (Å²) >= 11 is 1.55. The van der Waals surface area contributed by atoms with Gasteiger partial charge in [-0.25, -0.2) is 9.78 Å². The molecule has 1 aliphatic heterocycles. The van der Waals surface area contributed by atoms with Crippen LogP contribution in [0.2, 0.25) is 0 Å². The van der Waals surface area contributed by atoms with Gasteiger partial charge in [-0.15, -0.1) is 11.3 Å². The molecule has 5 heteroatoms. The molecule has 0 spiro atoms. The predicted octanol–water partition coefficient (Wildman–Crippen LogP) is 2.86. The number of rotatable bonds is 3. The molecule has 0 bridgehead atoms. The van der Waals surface area contributed by atoms with Crippen molar-refractivity contribution in [3.8, 4) is 0 Å². The molecule has 1 aromatic rings. The smallest absolute Gasteiger partial charge is 0.355 e. The summed E-state index contributed by atoms with van der Waals surface area (Å²) in [6, 6.07) is 0. The van der Waals surface area contributed by atoms with Crippen molar-refractivity contribution in [3.63, 3.8) is 0 Å². The van der Waals surface area contributed by atoms with Gasteiger partial charge in [-0.05, 0) is 12.8 Å². The molecule has 0 aromatic carbocycles. The first kappa shape index (κ1) is 12.5. The molecule has 2 heterocycles. The van der Waals surface area contributed by atoms with E-state index >= 15 is 0 Å². The van der Waals surface area contributed by atoms with Gasteiger partial charge < -0.3 is 9.84 Å². The molecule has 0 atom stereocenters. The zero-order valence-corrected chi connectivity index (χ0v) is 10.9. The van der Waals surface area contributed by atoms with E-state index in [-0.39, 0.29) is 11.6 Å². The van der Waals surface area contributed by atoms with E-state index in [0.29, 0.717) is 5.92 Å². The van der Waals surface area contributed by atoms with Crippen LogP contribution >= 0.6 is 11.3 Å². The molecule has 1 saturated heterocycles. The molecule has 0 saturated carbocycles. The highest BCUT2D eigenvalue weighted by Crippen LogP contribution is 2.36. The highest BCUT2D eigenvalue weighted by molar-refractivity contribution is 7.12. The van der Waals surface area contributed by atoms with Gasteiger partial charge in [0.2, 0.25) is 0 Å². The molecule has 1 fully saturated rings. The molecular weight excluding hydrogens is 238 g/mol. The Balaban J connectivity index is 2.32. The molecular formula is C12H17NO3S. The number of carbonyl (C=O) groups is 1. The summed E-state index contributed by atoms with van der Waals surface area (Å²) in [5.41, 5.74) is 0.255. The maximum absolute atomic E-state index is 11.2. The third-order valence-electron chi connectivity index (χ3n) is 2.96. The maximum atomic E-state index is 11.2. The Morgan fingerprint density at radius 3 is 2.65 bits per heavy atom. The van der Waals surface area contributed by atoms with Gasteiger partial charge in [-0.3, -0.25) is 0 Å². The minimum absolute atomic E-state index is 0.255. The van der Waals surface area contributed by atoms with Crippen molar-refractivity contribution < 1.29 is 14.6 Å². The van der Waals surface area contributed by atoms with Crippen molar-refractivity contribution in [2.45, 2.75) is 38.5 Å². The zero-order valence-electron chi connectivity index (χ0n) is 10.1. The number of thiazole rings is 1. The van der Waals surface area contributed by atoms with Crippen LogP contribution in [0.5, 0.6) is 0 Å². The van der Waals surface area contributed by atoms with E-state index in [4.69, 9.17) is 4.74 Å². The second kappa shape index (κ2) is 5.14. The normalized spacial score (nSPS) is 17.6. The van der Waals surface area contributed by atoms with Crippen molar-refractivity contribution in [3.05, 3.63) is 15.6 Å². The quantitative estimate of drug-likeness (QED) is 0.902. The molecule has 1 N–H and O–H groups in total. The first-order valence-corrected chi connectivity index (χ1v) is 6.73. The average molecular weight is 255 g/mol. The highest BCUT2D eigenvalue weighted by Gasteiger charge is 2.26. The first-order chi connectivity index (χ1) is 8.09. The molecule has 4 nitrogen and oxygen atoms in total. The molecule has 0 amide bonds. The molecule has 94 valence electrons.